The molecule has 0 aromatic heterocycles. The molecule has 1 atom stereocenters. The van der Waals surface area contributed by atoms with Crippen molar-refractivity contribution in [1.29, 1.82) is 0 Å². The third-order valence-electron chi connectivity index (χ3n) is 4.91. The van der Waals surface area contributed by atoms with Crippen LogP contribution < -0.4 is 0 Å². The predicted molar refractivity (Wildman–Crippen MR) is 67.6 cm³/mol. The van der Waals surface area contributed by atoms with Crippen molar-refractivity contribution in [3.8, 4) is 0 Å². The topological polar surface area (TPSA) is 66.8 Å². The van der Waals surface area contributed by atoms with Gasteiger partial charge in [0, 0.05) is 13.0 Å². The van der Waals surface area contributed by atoms with Gasteiger partial charge in [0.25, 0.3) is 0 Å². The summed E-state index contributed by atoms with van der Waals surface area (Å²) in [7, 11) is 0. The fourth-order valence-corrected chi connectivity index (χ4v) is 3.26. The maximum atomic E-state index is 12.5. The summed E-state index contributed by atoms with van der Waals surface area (Å²) in [4.78, 5) is 25.7. The molecule has 1 aliphatic heterocycles. The highest BCUT2D eigenvalue weighted by Gasteiger charge is 2.48. The van der Waals surface area contributed by atoms with Crippen LogP contribution >= 0.6 is 0 Å². The second-order valence-electron chi connectivity index (χ2n) is 6.18. The molecule has 0 bridgehead atoms. The maximum Gasteiger partial charge on any atom is 0.310 e. The van der Waals surface area contributed by atoms with Crippen LogP contribution in [0, 0.1) is 11.3 Å². The Bertz CT molecular complexity index is 387. The molecular formula is C14H21NO4. The minimum Gasteiger partial charge on any atom is -0.481 e. The Morgan fingerprint density at radius 2 is 2.05 bits per heavy atom. The van der Waals surface area contributed by atoms with Crippen molar-refractivity contribution in [2.45, 2.75) is 44.6 Å². The molecule has 1 unspecified atom stereocenters. The van der Waals surface area contributed by atoms with E-state index in [0.717, 1.165) is 6.42 Å². The van der Waals surface area contributed by atoms with Crippen LogP contribution in [-0.4, -0.2) is 47.7 Å². The average molecular weight is 267 g/mol. The normalized spacial score (nSPS) is 29.7. The van der Waals surface area contributed by atoms with Gasteiger partial charge in [-0.1, -0.05) is 6.42 Å². The molecule has 5 nitrogen and oxygen atoms in total. The fraction of sp³-hybridized carbons (Fsp3) is 0.857. The van der Waals surface area contributed by atoms with Crippen molar-refractivity contribution in [3.05, 3.63) is 0 Å². The molecular weight excluding hydrogens is 246 g/mol. The molecule has 0 aromatic rings. The van der Waals surface area contributed by atoms with Crippen LogP contribution in [0.2, 0.25) is 0 Å². The number of aliphatic carboxylic acids is 1. The Morgan fingerprint density at radius 3 is 2.58 bits per heavy atom. The van der Waals surface area contributed by atoms with Gasteiger partial charge in [0.05, 0.1) is 24.7 Å². The van der Waals surface area contributed by atoms with Crippen molar-refractivity contribution in [3.63, 3.8) is 0 Å². The van der Waals surface area contributed by atoms with Crippen LogP contribution in [0.4, 0.5) is 0 Å². The van der Waals surface area contributed by atoms with Gasteiger partial charge in [-0.2, -0.15) is 0 Å². The highest BCUT2D eigenvalue weighted by Crippen LogP contribution is 2.45. The van der Waals surface area contributed by atoms with Gasteiger partial charge in [0.1, 0.15) is 0 Å². The van der Waals surface area contributed by atoms with Gasteiger partial charge in [0.2, 0.25) is 5.91 Å². The number of carboxylic acid groups (broad SMARTS) is 1. The number of nitrogens with zero attached hydrogens (tertiary/aromatic N) is 1. The second-order valence-corrected chi connectivity index (χ2v) is 6.18. The van der Waals surface area contributed by atoms with E-state index in [2.05, 4.69) is 0 Å². The number of amides is 1. The Labute approximate surface area is 112 Å². The molecule has 0 radical (unpaired) electrons. The Balaban J connectivity index is 1.66. The van der Waals surface area contributed by atoms with E-state index in [1.807, 2.05) is 4.90 Å². The van der Waals surface area contributed by atoms with E-state index in [1.54, 1.807) is 0 Å². The number of carbonyl (C=O) groups excluding carboxylic acids is 1. The van der Waals surface area contributed by atoms with Gasteiger partial charge < -0.3 is 14.7 Å². The van der Waals surface area contributed by atoms with Crippen molar-refractivity contribution >= 4 is 11.9 Å². The van der Waals surface area contributed by atoms with E-state index in [1.165, 1.54) is 12.8 Å². The summed E-state index contributed by atoms with van der Waals surface area (Å²) in [6.07, 6.45) is 4.73. The van der Waals surface area contributed by atoms with Crippen molar-refractivity contribution in [2.75, 3.05) is 19.8 Å². The van der Waals surface area contributed by atoms with Gasteiger partial charge in [-0.25, -0.2) is 0 Å². The van der Waals surface area contributed by atoms with E-state index in [4.69, 9.17) is 4.74 Å². The standard InChI is InChI=1S/C14H21NO4/c16-12(8-14(13(17)18)4-1-5-14)15-6-7-19-9-11(15)10-2-3-10/h10-11H,1-9H2,(H,17,18). The van der Waals surface area contributed by atoms with Crippen LogP contribution in [0.25, 0.3) is 0 Å². The van der Waals surface area contributed by atoms with Gasteiger partial charge in [0.15, 0.2) is 0 Å². The molecule has 2 saturated carbocycles. The smallest absolute Gasteiger partial charge is 0.310 e. The SMILES string of the molecule is O=C(CC1(C(=O)O)CCC1)N1CCOCC1C1CC1. The molecule has 3 rings (SSSR count). The molecule has 3 aliphatic rings. The summed E-state index contributed by atoms with van der Waals surface area (Å²) in [6, 6.07) is 0.187. The highest BCUT2D eigenvalue weighted by atomic mass is 16.5. The largest absolute Gasteiger partial charge is 0.481 e. The minimum absolute atomic E-state index is 0.0160. The molecule has 2 aliphatic carbocycles. The van der Waals surface area contributed by atoms with Crippen molar-refractivity contribution < 1.29 is 19.4 Å². The molecule has 19 heavy (non-hydrogen) atoms. The molecule has 1 heterocycles. The average Bonchev–Trinajstić information content (AvgIpc) is 3.17. The molecule has 0 aromatic carbocycles. The van der Waals surface area contributed by atoms with E-state index < -0.39 is 11.4 Å². The lowest BCUT2D eigenvalue weighted by atomic mass is 9.66. The summed E-state index contributed by atoms with van der Waals surface area (Å²) in [5.74, 6) is -0.211. The van der Waals surface area contributed by atoms with Crippen LogP contribution in [0.15, 0.2) is 0 Å². The van der Waals surface area contributed by atoms with Gasteiger partial charge in [-0.15, -0.1) is 0 Å². The lowest BCUT2D eigenvalue weighted by molar-refractivity contribution is -0.162. The number of hydrogen-bond donors (Lipinski definition) is 1. The summed E-state index contributed by atoms with van der Waals surface area (Å²) < 4.78 is 5.47. The van der Waals surface area contributed by atoms with E-state index in [0.29, 0.717) is 38.5 Å². The number of carboxylic acids is 1. The monoisotopic (exact) mass is 267 g/mol. The first-order valence-electron chi connectivity index (χ1n) is 7.23. The van der Waals surface area contributed by atoms with Gasteiger partial charge in [-0.05, 0) is 31.6 Å². The number of ether oxygens (including phenoxy) is 1. The van der Waals surface area contributed by atoms with Crippen LogP contribution in [0.1, 0.15) is 38.5 Å². The summed E-state index contributed by atoms with van der Waals surface area (Å²) in [6.45, 7) is 1.82. The lowest BCUT2D eigenvalue weighted by Gasteiger charge is -2.41. The van der Waals surface area contributed by atoms with Crippen molar-refractivity contribution in [1.82, 2.24) is 4.90 Å². The Kier molecular flexibility index (Phi) is 3.25. The number of carbonyl (C=O) groups is 2. The van der Waals surface area contributed by atoms with Crippen LogP contribution in [-0.2, 0) is 14.3 Å². The molecule has 3 fully saturated rings. The van der Waals surface area contributed by atoms with Gasteiger partial charge in [-0.3, -0.25) is 9.59 Å². The van der Waals surface area contributed by atoms with Crippen molar-refractivity contribution in [2.24, 2.45) is 11.3 Å². The lowest BCUT2D eigenvalue weighted by Crippen LogP contribution is -2.52. The molecule has 5 heteroatoms. The van der Waals surface area contributed by atoms with Crippen LogP contribution in [0.3, 0.4) is 0 Å². The zero-order valence-electron chi connectivity index (χ0n) is 11.1. The summed E-state index contributed by atoms with van der Waals surface area (Å²) >= 11 is 0. The Morgan fingerprint density at radius 1 is 1.32 bits per heavy atom. The fourth-order valence-electron chi connectivity index (χ4n) is 3.26. The summed E-state index contributed by atoms with van der Waals surface area (Å²) in [5.41, 5.74) is -0.774. The zero-order chi connectivity index (χ0) is 13.5. The number of hydrogen-bond acceptors (Lipinski definition) is 3. The van der Waals surface area contributed by atoms with Crippen LogP contribution in [0.5, 0.6) is 0 Å². The molecule has 0 spiro atoms. The molecule has 1 amide bonds. The second kappa shape index (κ2) is 4.78. The van der Waals surface area contributed by atoms with E-state index in [9.17, 15) is 14.7 Å². The first-order chi connectivity index (χ1) is 9.12. The Hall–Kier alpha value is -1.10. The number of morpholine rings is 1. The van der Waals surface area contributed by atoms with E-state index in [-0.39, 0.29) is 18.4 Å². The number of rotatable bonds is 4. The molecule has 1 N–H and O–H groups in total. The first-order valence-corrected chi connectivity index (χ1v) is 7.23. The summed E-state index contributed by atoms with van der Waals surface area (Å²) in [5, 5.41) is 9.32. The maximum absolute atomic E-state index is 12.5. The highest BCUT2D eigenvalue weighted by molar-refractivity contribution is 5.86. The first kappa shape index (κ1) is 12.9. The third kappa shape index (κ3) is 2.36. The minimum atomic E-state index is -0.802. The molecule has 1 saturated heterocycles. The van der Waals surface area contributed by atoms with E-state index >= 15 is 0 Å². The van der Waals surface area contributed by atoms with Gasteiger partial charge >= 0.3 is 5.97 Å². The molecule has 106 valence electrons. The predicted octanol–water partition coefficient (Wildman–Crippen LogP) is 1.27. The third-order valence-corrected chi connectivity index (χ3v) is 4.91. The quantitative estimate of drug-likeness (QED) is 0.833. The zero-order valence-corrected chi connectivity index (χ0v) is 11.1.